The van der Waals surface area contributed by atoms with Gasteiger partial charge in [-0.1, -0.05) is 42.5 Å². The molecule has 3 heteroatoms. The Morgan fingerprint density at radius 3 is 2.71 bits per heavy atom. The van der Waals surface area contributed by atoms with Crippen molar-refractivity contribution in [1.29, 1.82) is 0 Å². The summed E-state index contributed by atoms with van der Waals surface area (Å²) in [7, 11) is 0. The first-order chi connectivity index (χ1) is 11.9. The van der Waals surface area contributed by atoms with Crippen LogP contribution in [0.4, 0.5) is 0 Å². The van der Waals surface area contributed by atoms with Crippen molar-refractivity contribution in [3.63, 3.8) is 0 Å². The first-order valence-electron chi connectivity index (χ1n) is 8.71. The molecule has 1 unspecified atom stereocenters. The molecule has 2 aromatic carbocycles. The van der Waals surface area contributed by atoms with Crippen LogP contribution in [-0.4, -0.2) is 24.2 Å². The lowest BCUT2D eigenvalue weighted by molar-refractivity contribution is 0.0656. The van der Waals surface area contributed by atoms with Gasteiger partial charge in [0, 0.05) is 19.7 Å². The SMILES string of the molecule is c1coc(CN(Cc2cccc3ccccc23)CC2CCCO2)c1. The van der Waals surface area contributed by atoms with Gasteiger partial charge in [0.25, 0.3) is 0 Å². The average Bonchev–Trinajstić information content (AvgIpc) is 3.29. The van der Waals surface area contributed by atoms with E-state index in [9.17, 15) is 0 Å². The fraction of sp³-hybridized carbons (Fsp3) is 0.333. The number of furan rings is 1. The smallest absolute Gasteiger partial charge is 0.117 e. The zero-order valence-corrected chi connectivity index (χ0v) is 13.9. The number of fused-ring (bicyclic) bond motifs is 1. The molecule has 1 saturated heterocycles. The third kappa shape index (κ3) is 3.53. The highest BCUT2D eigenvalue weighted by Gasteiger charge is 2.20. The van der Waals surface area contributed by atoms with E-state index in [-0.39, 0.29) is 0 Å². The van der Waals surface area contributed by atoms with E-state index in [1.54, 1.807) is 6.26 Å². The first-order valence-corrected chi connectivity index (χ1v) is 8.71. The normalized spacial score (nSPS) is 17.8. The molecular formula is C21H23NO2. The molecule has 0 amide bonds. The highest BCUT2D eigenvalue weighted by atomic mass is 16.5. The Morgan fingerprint density at radius 2 is 1.88 bits per heavy atom. The molecule has 0 saturated carbocycles. The monoisotopic (exact) mass is 321 g/mol. The Labute approximate surface area is 142 Å². The molecule has 2 heterocycles. The number of rotatable bonds is 6. The van der Waals surface area contributed by atoms with E-state index in [4.69, 9.17) is 9.15 Å². The maximum Gasteiger partial charge on any atom is 0.117 e. The van der Waals surface area contributed by atoms with Gasteiger partial charge in [-0.15, -0.1) is 0 Å². The summed E-state index contributed by atoms with van der Waals surface area (Å²) in [6, 6.07) is 19.2. The molecule has 0 N–H and O–H groups in total. The zero-order valence-electron chi connectivity index (χ0n) is 13.9. The number of ether oxygens (including phenoxy) is 1. The van der Waals surface area contributed by atoms with Crippen LogP contribution in [0.3, 0.4) is 0 Å². The van der Waals surface area contributed by atoms with Crippen LogP contribution in [0.2, 0.25) is 0 Å². The fourth-order valence-corrected chi connectivity index (χ4v) is 3.56. The van der Waals surface area contributed by atoms with Crippen molar-refractivity contribution in [2.75, 3.05) is 13.2 Å². The minimum absolute atomic E-state index is 0.343. The third-order valence-electron chi connectivity index (χ3n) is 4.72. The van der Waals surface area contributed by atoms with Crippen LogP contribution >= 0.6 is 0 Å². The van der Waals surface area contributed by atoms with Crippen LogP contribution in [0.5, 0.6) is 0 Å². The number of nitrogens with zero attached hydrogens (tertiary/aromatic N) is 1. The second-order valence-electron chi connectivity index (χ2n) is 6.52. The maximum atomic E-state index is 5.86. The summed E-state index contributed by atoms with van der Waals surface area (Å²) >= 11 is 0. The van der Waals surface area contributed by atoms with Gasteiger partial charge in [-0.05, 0) is 41.3 Å². The lowest BCUT2D eigenvalue weighted by Crippen LogP contribution is -2.31. The summed E-state index contributed by atoms with van der Waals surface area (Å²) in [6.45, 7) is 3.56. The van der Waals surface area contributed by atoms with Gasteiger partial charge in [-0.2, -0.15) is 0 Å². The highest BCUT2D eigenvalue weighted by Crippen LogP contribution is 2.22. The van der Waals surface area contributed by atoms with E-state index in [0.29, 0.717) is 6.10 Å². The molecule has 0 radical (unpaired) electrons. The largest absolute Gasteiger partial charge is 0.468 e. The molecule has 1 aromatic heterocycles. The molecular weight excluding hydrogens is 298 g/mol. The zero-order chi connectivity index (χ0) is 16.2. The van der Waals surface area contributed by atoms with Crippen molar-refractivity contribution in [2.24, 2.45) is 0 Å². The molecule has 3 nitrogen and oxygen atoms in total. The second-order valence-corrected chi connectivity index (χ2v) is 6.52. The molecule has 24 heavy (non-hydrogen) atoms. The first kappa shape index (κ1) is 15.4. The van der Waals surface area contributed by atoms with Gasteiger partial charge in [-0.25, -0.2) is 0 Å². The summed E-state index contributed by atoms with van der Waals surface area (Å²) in [6.07, 6.45) is 4.42. The van der Waals surface area contributed by atoms with E-state index in [2.05, 4.69) is 47.4 Å². The Morgan fingerprint density at radius 1 is 0.958 bits per heavy atom. The molecule has 0 bridgehead atoms. The highest BCUT2D eigenvalue weighted by molar-refractivity contribution is 5.85. The van der Waals surface area contributed by atoms with Crippen LogP contribution in [0, 0.1) is 0 Å². The predicted molar refractivity (Wildman–Crippen MR) is 95.7 cm³/mol. The molecule has 1 fully saturated rings. The summed E-state index contributed by atoms with van der Waals surface area (Å²) in [5.41, 5.74) is 1.36. The average molecular weight is 321 g/mol. The van der Waals surface area contributed by atoms with Crippen molar-refractivity contribution < 1.29 is 9.15 Å². The van der Waals surface area contributed by atoms with Gasteiger partial charge in [0.2, 0.25) is 0 Å². The number of benzene rings is 2. The Hall–Kier alpha value is -2.10. The van der Waals surface area contributed by atoms with Gasteiger partial charge in [0.15, 0.2) is 0 Å². The lowest BCUT2D eigenvalue weighted by Gasteiger charge is -2.25. The Kier molecular flexibility index (Phi) is 4.63. The predicted octanol–water partition coefficient (Wildman–Crippen LogP) is 4.61. The summed E-state index contributed by atoms with van der Waals surface area (Å²) < 4.78 is 11.4. The minimum Gasteiger partial charge on any atom is -0.468 e. The van der Waals surface area contributed by atoms with Crippen LogP contribution in [0.1, 0.15) is 24.2 Å². The molecule has 124 valence electrons. The van der Waals surface area contributed by atoms with Gasteiger partial charge >= 0.3 is 0 Å². The van der Waals surface area contributed by atoms with E-state index in [0.717, 1.165) is 38.4 Å². The lowest BCUT2D eigenvalue weighted by atomic mass is 10.0. The van der Waals surface area contributed by atoms with E-state index < -0.39 is 0 Å². The summed E-state index contributed by atoms with van der Waals surface area (Å²) in [5.74, 6) is 1.01. The Bertz CT molecular complexity index is 770. The van der Waals surface area contributed by atoms with Gasteiger partial charge < -0.3 is 9.15 Å². The van der Waals surface area contributed by atoms with Gasteiger partial charge in [-0.3, -0.25) is 4.90 Å². The van der Waals surface area contributed by atoms with E-state index in [1.165, 1.54) is 22.8 Å². The van der Waals surface area contributed by atoms with Crippen LogP contribution in [-0.2, 0) is 17.8 Å². The number of hydrogen-bond acceptors (Lipinski definition) is 3. The maximum absolute atomic E-state index is 5.86. The third-order valence-corrected chi connectivity index (χ3v) is 4.72. The van der Waals surface area contributed by atoms with Crippen molar-refractivity contribution in [1.82, 2.24) is 4.90 Å². The quantitative estimate of drug-likeness (QED) is 0.663. The Balaban J connectivity index is 1.57. The van der Waals surface area contributed by atoms with E-state index >= 15 is 0 Å². The van der Waals surface area contributed by atoms with Crippen LogP contribution in [0.25, 0.3) is 10.8 Å². The minimum atomic E-state index is 0.343. The van der Waals surface area contributed by atoms with Crippen molar-refractivity contribution in [3.8, 4) is 0 Å². The van der Waals surface area contributed by atoms with Crippen molar-refractivity contribution in [3.05, 3.63) is 72.2 Å². The topological polar surface area (TPSA) is 25.6 Å². The van der Waals surface area contributed by atoms with Crippen LogP contribution in [0.15, 0.2) is 65.3 Å². The molecule has 1 atom stereocenters. The van der Waals surface area contributed by atoms with Crippen molar-refractivity contribution >= 4 is 10.8 Å². The van der Waals surface area contributed by atoms with Gasteiger partial charge in [0.1, 0.15) is 5.76 Å². The van der Waals surface area contributed by atoms with E-state index in [1.807, 2.05) is 12.1 Å². The molecule has 3 aromatic rings. The molecule has 1 aliphatic heterocycles. The summed E-state index contributed by atoms with van der Waals surface area (Å²) in [4.78, 5) is 2.44. The molecule has 4 rings (SSSR count). The van der Waals surface area contributed by atoms with Crippen molar-refractivity contribution in [2.45, 2.75) is 32.0 Å². The van der Waals surface area contributed by atoms with Crippen LogP contribution < -0.4 is 0 Å². The number of hydrogen-bond donors (Lipinski definition) is 0. The fourth-order valence-electron chi connectivity index (χ4n) is 3.56. The standard InChI is InChI=1S/C21H23NO2/c1-2-11-21-17(6-1)7-3-8-18(21)14-22(15-19-9-4-12-23-19)16-20-10-5-13-24-20/h1-4,6-9,11-12,20H,5,10,13-16H2. The second kappa shape index (κ2) is 7.20. The molecule has 1 aliphatic rings. The van der Waals surface area contributed by atoms with Gasteiger partial charge in [0.05, 0.1) is 18.9 Å². The molecule has 0 spiro atoms. The summed E-state index contributed by atoms with van der Waals surface area (Å²) in [5, 5.41) is 2.63. The molecule has 0 aliphatic carbocycles.